The molecule has 0 aliphatic rings. The highest BCUT2D eigenvalue weighted by atomic mass is 16.5. The minimum absolute atomic E-state index is 0.0805. The molecule has 122 valence electrons. The van der Waals surface area contributed by atoms with Crippen LogP contribution in [0.25, 0.3) is 0 Å². The number of benzene rings is 1. The van der Waals surface area contributed by atoms with Gasteiger partial charge in [0, 0.05) is 0 Å². The van der Waals surface area contributed by atoms with Crippen molar-refractivity contribution in [1.82, 2.24) is 5.32 Å². The Kier molecular flexibility index (Phi) is 5.97. The average Bonchev–Trinajstić information content (AvgIpc) is 2.99. The van der Waals surface area contributed by atoms with Gasteiger partial charge in [-0.05, 0) is 25.0 Å². The standard InChI is InChI=1S/C18H21NO4/c1-3-7-16(14-8-5-4-6-9-14)19-17(20)12-23-18(21)15-10-11-22-13(15)2/h4-6,8-11,16H,3,7,12H2,1-2H3,(H,19,20). The van der Waals surface area contributed by atoms with Crippen molar-refractivity contribution in [3.05, 3.63) is 59.5 Å². The fraction of sp³-hybridized carbons (Fsp3) is 0.333. The van der Waals surface area contributed by atoms with E-state index < -0.39 is 5.97 Å². The summed E-state index contributed by atoms with van der Waals surface area (Å²) in [5.74, 6) is -0.400. The maximum absolute atomic E-state index is 12.0. The Morgan fingerprint density at radius 1 is 1.22 bits per heavy atom. The lowest BCUT2D eigenvalue weighted by molar-refractivity contribution is -0.125. The number of rotatable bonds is 7. The number of amides is 1. The Morgan fingerprint density at radius 2 is 1.96 bits per heavy atom. The second kappa shape index (κ2) is 8.17. The molecule has 5 heteroatoms. The summed E-state index contributed by atoms with van der Waals surface area (Å²) in [5, 5.41) is 2.91. The first-order valence-corrected chi connectivity index (χ1v) is 7.67. The zero-order chi connectivity index (χ0) is 16.7. The van der Waals surface area contributed by atoms with Gasteiger partial charge in [-0.2, -0.15) is 0 Å². The molecule has 0 spiro atoms. The van der Waals surface area contributed by atoms with Gasteiger partial charge in [0.25, 0.3) is 5.91 Å². The maximum Gasteiger partial charge on any atom is 0.342 e. The van der Waals surface area contributed by atoms with E-state index in [1.807, 2.05) is 30.3 Å². The molecular weight excluding hydrogens is 294 g/mol. The highest BCUT2D eigenvalue weighted by molar-refractivity contribution is 5.92. The van der Waals surface area contributed by atoms with Crippen LogP contribution in [0.5, 0.6) is 0 Å². The van der Waals surface area contributed by atoms with Crippen molar-refractivity contribution >= 4 is 11.9 Å². The van der Waals surface area contributed by atoms with E-state index in [2.05, 4.69) is 12.2 Å². The van der Waals surface area contributed by atoms with Crippen LogP contribution in [0.2, 0.25) is 0 Å². The molecule has 1 aromatic heterocycles. The normalized spacial score (nSPS) is 11.7. The smallest absolute Gasteiger partial charge is 0.342 e. The molecule has 1 heterocycles. The third kappa shape index (κ3) is 4.71. The summed E-state index contributed by atoms with van der Waals surface area (Å²) in [4.78, 5) is 23.9. The molecule has 0 fully saturated rings. The van der Waals surface area contributed by atoms with Crippen molar-refractivity contribution in [3.63, 3.8) is 0 Å². The number of esters is 1. The molecule has 1 N–H and O–H groups in total. The molecule has 0 aliphatic heterocycles. The van der Waals surface area contributed by atoms with E-state index in [1.54, 1.807) is 6.92 Å². The van der Waals surface area contributed by atoms with Gasteiger partial charge in [0.05, 0.1) is 12.3 Å². The van der Waals surface area contributed by atoms with E-state index in [4.69, 9.17) is 9.15 Å². The molecule has 0 radical (unpaired) electrons. The molecular formula is C18H21NO4. The van der Waals surface area contributed by atoms with Crippen LogP contribution in [-0.4, -0.2) is 18.5 Å². The van der Waals surface area contributed by atoms with Gasteiger partial charge < -0.3 is 14.5 Å². The van der Waals surface area contributed by atoms with Crippen LogP contribution in [0.15, 0.2) is 47.1 Å². The molecule has 0 aliphatic carbocycles. The van der Waals surface area contributed by atoms with Gasteiger partial charge >= 0.3 is 5.97 Å². The van der Waals surface area contributed by atoms with Crippen LogP contribution in [0.3, 0.4) is 0 Å². The van der Waals surface area contributed by atoms with Gasteiger partial charge in [0.15, 0.2) is 6.61 Å². The lowest BCUT2D eigenvalue weighted by atomic mass is 10.0. The van der Waals surface area contributed by atoms with Crippen LogP contribution >= 0.6 is 0 Å². The molecule has 1 unspecified atom stereocenters. The van der Waals surface area contributed by atoms with E-state index >= 15 is 0 Å². The first kappa shape index (κ1) is 16.8. The Morgan fingerprint density at radius 3 is 2.57 bits per heavy atom. The summed E-state index contributed by atoms with van der Waals surface area (Å²) in [7, 11) is 0. The molecule has 0 saturated carbocycles. The topological polar surface area (TPSA) is 68.5 Å². The van der Waals surface area contributed by atoms with Crippen molar-refractivity contribution in [2.75, 3.05) is 6.61 Å². The molecule has 0 bridgehead atoms. The molecule has 2 rings (SSSR count). The Balaban J connectivity index is 1.90. The monoisotopic (exact) mass is 315 g/mol. The number of nitrogens with one attached hydrogen (secondary N) is 1. The fourth-order valence-corrected chi connectivity index (χ4v) is 2.34. The van der Waals surface area contributed by atoms with Crippen LogP contribution in [-0.2, 0) is 9.53 Å². The van der Waals surface area contributed by atoms with E-state index in [1.165, 1.54) is 12.3 Å². The number of ether oxygens (including phenoxy) is 1. The molecule has 0 saturated heterocycles. The first-order chi connectivity index (χ1) is 11.1. The SMILES string of the molecule is CCCC(NC(=O)COC(=O)c1ccoc1C)c1ccccc1. The van der Waals surface area contributed by atoms with Crippen molar-refractivity contribution < 1.29 is 18.7 Å². The van der Waals surface area contributed by atoms with Gasteiger partial charge in [0.2, 0.25) is 0 Å². The number of hydrogen-bond acceptors (Lipinski definition) is 4. The van der Waals surface area contributed by atoms with Gasteiger partial charge in [-0.1, -0.05) is 43.7 Å². The number of aryl methyl sites for hydroxylation is 1. The minimum atomic E-state index is -0.557. The van der Waals surface area contributed by atoms with E-state index in [-0.39, 0.29) is 18.6 Å². The second-order valence-electron chi connectivity index (χ2n) is 5.29. The Bertz CT molecular complexity index is 648. The van der Waals surface area contributed by atoms with Gasteiger partial charge in [0.1, 0.15) is 11.3 Å². The average molecular weight is 315 g/mol. The number of carbonyl (C=O) groups excluding carboxylic acids is 2. The summed E-state index contributed by atoms with van der Waals surface area (Å²) >= 11 is 0. The van der Waals surface area contributed by atoms with E-state index in [0.29, 0.717) is 11.3 Å². The van der Waals surface area contributed by atoms with Crippen molar-refractivity contribution in [3.8, 4) is 0 Å². The van der Waals surface area contributed by atoms with Crippen LogP contribution < -0.4 is 5.32 Å². The number of carbonyl (C=O) groups is 2. The summed E-state index contributed by atoms with van der Waals surface area (Å²) in [6, 6.07) is 11.2. The zero-order valence-corrected chi connectivity index (χ0v) is 13.4. The van der Waals surface area contributed by atoms with Gasteiger partial charge in [-0.3, -0.25) is 4.79 Å². The third-order valence-corrected chi connectivity index (χ3v) is 3.53. The third-order valence-electron chi connectivity index (χ3n) is 3.53. The van der Waals surface area contributed by atoms with Gasteiger partial charge in [-0.25, -0.2) is 4.79 Å². The molecule has 1 amide bonds. The molecule has 1 aromatic carbocycles. The lowest BCUT2D eigenvalue weighted by Crippen LogP contribution is -2.32. The molecule has 2 aromatic rings. The molecule has 5 nitrogen and oxygen atoms in total. The highest BCUT2D eigenvalue weighted by Gasteiger charge is 2.17. The van der Waals surface area contributed by atoms with Crippen LogP contribution in [0, 0.1) is 6.92 Å². The highest BCUT2D eigenvalue weighted by Crippen LogP contribution is 2.18. The predicted molar refractivity (Wildman–Crippen MR) is 86.0 cm³/mol. The lowest BCUT2D eigenvalue weighted by Gasteiger charge is -2.18. The predicted octanol–water partition coefficient (Wildman–Crippen LogP) is 3.40. The summed E-state index contributed by atoms with van der Waals surface area (Å²) in [6.45, 7) is 3.42. The maximum atomic E-state index is 12.0. The Hall–Kier alpha value is -2.56. The molecule has 23 heavy (non-hydrogen) atoms. The number of hydrogen-bond donors (Lipinski definition) is 1. The number of furan rings is 1. The molecule has 1 atom stereocenters. The minimum Gasteiger partial charge on any atom is -0.469 e. The first-order valence-electron chi connectivity index (χ1n) is 7.67. The van der Waals surface area contributed by atoms with Crippen molar-refractivity contribution in [2.45, 2.75) is 32.7 Å². The quantitative estimate of drug-likeness (QED) is 0.795. The summed E-state index contributed by atoms with van der Waals surface area (Å²) in [6.07, 6.45) is 3.18. The largest absolute Gasteiger partial charge is 0.469 e. The van der Waals surface area contributed by atoms with E-state index in [0.717, 1.165) is 18.4 Å². The Labute approximate surface area is 135 Å². The summed E-state index contributed by atoms with van der Waals surface area (Å²) < 4.78 is 10.1. The van der Waals surface area contributed by atoms with Crippen LogP contribution in [0.1, 0.15) is 47.5 Å². The van der Waals surface area contributed by atoms with Crippen molar-refractivity contribution in [1.29, 1.82) is 0 Å². The summed E-state index contributed by atoms with van der Waals surface area (Å²) in [5.41, 5.74) is 1.38. The van der Waals surface area contributed by atoms with Gasteiger partial charge in [-0.15, -0.1) is 0 Å². The second-order valence-corrected chi connectivity index (χ2v) is 5.29. The zero-order valence-electron chi connectivity index (χ0n) is 13.4. The van der Waals surface area contributed by atoms with Crippen LogP contribution in [0.4, 0.5) is 0 Å². The fourth-order valence-electron chi connectivity index (χ4n) is 2.34. The van der Waals surface area contributed by atoms with Crippen molar-refractivity contribution in [2.24, 2.45) is 0 Å². The van der Waals surface area contributed by atoms with E-state index in [9.17, 15) is 9.59 Å².